The first-order valence-electron chi connectivity index (χ1n) is 9.03. The number of nitrogens with zero attached hydrogens (tertiary/aromatic N) is 1. The van der Waals surface area contributed by atoms with E-state index in [1.807, 2.05) is 6.92 Å². The van der Waals surface area contributed by atoms with E-state index in [4.69, 9.17) is 4.74 Å². The molecule has 0 aromatic heterocycles. The predicted octanol–water partition coefficient (Wildman–Crippen LogP) is 4.06. The van der Waals surface area contributed by atoms with Crippen molar-refractivity contribution < 1.29 is 19.1 Å². The zero-order valence-electron chi connectivity index (χ0n) is 15.9. The van der Waals surface area contributed by atoms with Crippen LogP contribution >= 0.6 is 0 Å². The molecule has 1 N–H and O–H groups in total. The Labute approximate surface area is 167 Å². The van der Waals surface area contributed by atoms with Crippen molar-refractivity contribution in [3.63, 3.8) is 0 Å². The van der Waals surface area contributed by atoms with Crippen LogP contribution in [-0.4, -0.2) is 24.8 Å². The molecule has 0 saturated carbocycles. The van der Waals surface area contributed by atoms with Gasteiger partial charge in [-0.25, -0.2) is 4.90 Å². The average molecular weight is 386 g/mol. The SMILES string of the molecule is COc1ccc(C(=O)Nc2cc(N3C(=O)c4ccccc4C3=O)ccc2C)cc1. The fourth-order valence-electron chi connectivity index (χ4n) is 3.24. The molecule has 0 atom stereocenters. The van der Waals surface area contributed by atoms with Crippen LogP contribution in [0.15, 0.2) is 66.7 Å². The van der Waals surface area contributed by atoms with Crippen LogP contribution in [0.2, 0.25) is 0 Å². The molecule has 1 heterocycles. The van der Waals surface area contributed by atoms with E-state index in [1.165, 1.54) is 0 Å². The van der Waals surface area contributed by atoms with Gasteiger partial charge in [0.05, 0.1) is 23.9 Å². The molecule has 0 saturated heterocycles. The first kappa shape index (κ1) is 18.4. The largest absolute Gasteiger partial charge is 0.497 e. The molecule has 29 heavy (non-hydrogen) atoms. The summed E-state index contributed by atoms with van der Waals surface area (Å²) >= 11 is 0. The zero-order valence-corrected chi connectivity index (χ0v) is 15.9. The molecule has 0 aliphatic carbocycles. The normalized spacial score (nSPS) is 12.7. The molecule has 0 radical (unpaired) electrons. The number of fused-ring (bicyclic) bond motifs is 1. The highest BCUT2D eigenvalue weighted by molar-refractivity contribution is 6.34. The lowest BCUT2D eigenvalue weighted by Gasteiger charge is -2.17. The number of hydrogen-bond donors (Lipinski definition) is 1. The molecule has 3 amide bonds. The molecule has 6 heteroatoms. The minimum atomic E-state index is -0.373. The Morgan fingerprint density at radius 3 is 2.10 bits per heavy atom. The van der Waals surface area contributed by atoms with E-state index in [2.05, 4.69) is 5.32 Å². The Morgan fingerprint density at radius 2 is 1.52 bits per heavy atom. The van der Waals surface area contributed by atoms with Crippen molar-refractivity contribution >= 4 is 29.1 Å². The van der Waals surface area contributed by atoms with Gasteiger partial charge in [-0.15, -0.1) is 0 Å². The summed E-state index contributed by atoms with van der Waals surface area (Å²) in [6.45, 7) is 1.84. The number of nitrogens with one attached hydrogen (secondary N) is 1. The van der Waals surface area contributed by atoms with Crippen molar-refractivity contribution in [3.8, 4) is 5.75 Å². The van der Waals surface area contributed by atoms with E-state index in [9.17, 15) is 14.4 Å². The number of carbonyl (C=O) groups is 3. The summed E-state index contributed by atoms with van der Waals surface area (Å²) in [7, 11) is 1.56. The van der Waals surface area contributed by atoms with E-state index in [0.29, 0.717) is 33.8 Å². The molecule has 6 nitrogen and oxygen atoms in total. The minimum absolute atomic E-state index is 0.296. The van der Waals surface area contributed by atoms with Crippen molar-refractivity contribution in [2.75, 3.05) is 17.3 Å². The number of hydrogen-bond acceptors (Lipinski definition) is 4. The molecule has 0 bridgehead atoms. The van der Waals surface area contributed by atoms with Crippen molar-refractivity contribution in [1.29, 1.82) is 0 Å². The first-order chi connectivity index (χ1) is 14.0. The van der Waals surface area contributed by atoms with E-state index in [0.717, 1.165) is 10.5 Å². The Bertz CT molecular complexity index is 1100. The summed E-state index contributed by atoms with van der Waals surface area (Å²) < 4.78 is 5.10. The molecular weight excluding hydrogens is 368 g/mol. The maximum atomic E-state index is 12.7. The van der Waals surface area contributed by atoms with Gasteiger partial charge in [0.2, 0.25) is 0 Å². The van der Waals surface area contributed by atoms with Gasteiger partial charge in [0.15, 0.2) is 0 Å². The smallest absolute Gasteiger partial charge is 0.266 e. The summed E-state index contributed by atoms with van der Waals surface area (Å²) in [5.41, 5.74) is 2.97. The molecule has 144 valence electrons. The van der Waals surface area contributed by atoms with E-state index < -0.39 is 0 Å². The van der Waals surface area contributed by atoms with Crippen LogP contribution in [0.5, 0.6) is 5.75 Å². The average Bonchev–Trinajstić information content (AvgIpc) is 3.00. The van der Waals surface area contributed by atoms with Gasteiger partial charge in [0, 0.05) is 11.3 Å². The third kappa shape index (κ3) is 3.25. The van der Waals surface area contributed by atoms with Gasteiger partial charge in [-0.1, -0.05) is 18.2 Å². The minimum Gasteiger partial charge on any atom is -0.497 e. The molecule has 3 aromatic carbocycles. The van der Waals surface area contributed by atoms with Crippen molar-refractivity contribution in [2.24, 2.45) is 0 Å². The number of amides is 3. The summed E-state index contributed by atoms with van der Waals surface area (Å²) in [5.74, 6) is -0.385. The third-order valence-electron chi connectivity index (χ3n) is 4.87. The quantitative estimate of drug-likeness (QED) is 0.686. The molecule has 0 unspecified atom stereocenters. The maximum Gasteiger partial charge on any atom is 0.266 e. The highest BCUT2D eigenvalue weighted by Gasteiger charge is 2.36. The molecule has 1 aliphatic heterocycles. The van der Waals surface area contributed by atoms with Crippen LogP contribution < -0.4 is 15.0 Å². The first-order valence-corrected chi connectivity index (χ1v) is 9.03. The van der Waals surface area contributed by atoms with Crippen molar-refractivity contribution in [2.45, 2.75) is 6.92 Å². The van der Waals surface area contributed by atoms with Crippen molar-refractivity contribution in [1.82, 2.24) is 0 Å². The lowest BCUT2D eigenvalue weighted by molar-refractivity contribution is 0.0925. The topological polar surface area (TPSA) is 75.7 Å². The van der Waals surface area contributed by atoms with Gasteiger partial charge in [-0.05, 0) is 61.0 Å². The monoisotopic (exact) mass is 386 g/mol. The highest BCUT2D eigenvalue weighted by atomic mass is 16.5. The molecule has 0 fully saturated rings. The van der Waals surface area contributed by atoms with Gasteiger partial charge in [0.1, 0.15) is 5.75 Å². The summed E-state index contributed by atoms with van der Waals surface area (Å²) in [6.07, 6.45) is 0. The van der Waals surface area contributed by atoms with Crippen LogP contribution in [0.1, 0.15) is 36.6 Å². The van der Waals surface area contributed by atoms with Gasteiger partial charge < -0.3 is 10.1 Å². The number of benzene rings is 3. The Balaban J connectivity index is 1.62. The van der Waals surface area contributed by atoms with E-state index in [-0.39, 0.29) is 17.7 Å². The standard InChI is InChI=1S/C23H18N2O4/c1-14-7-10-16(25-22(27)18-5-3-4-6-19(18)23(25)28)13-20(14)24-21(26)15-8-11-17(29-2)12-9-15/h3-13H,1-2H3,(H,24,26). The lowest BCUT2D eigenvalue weighted by atomic mass is 10.1. The van der Waals surface area contributed by atoms with Gasteiger partial charge in [0.25, 0.3) is 17.7 Å². The number of ether oxygens (including phenoxy) is 1. The molecule has 0 spiro atoms. The molecule has 4 rings (SSSR count). The Morgan fingerprint density at radius 1 is 0.897 bits per heavy atom. The molecule has 3 aromatic rings. The summed E-state index contributed by atoms with van der Waals surface area (Å²) in [4.78, 5) is 39.2. The Kier molecular flexibility index (Phi) is 4.60. The fraction of sp³-hybridized carbons (Fsp3) is 0.0870. The van der Waals surface area contributed by atoms with Crippen LogP contribution in [0, 0.1) is 6.92 Å². The van der Waals surface area contributed by atoms with Crippen LogP contribution in [0.3, 0.4) is 0 Å². The lowest BCUT2D eigenvalue weighted by Crippen LogP contribution is -2.29. The van der Waals surface area contributed by atoms with Crippen LogP contribution in [-0.2, 0) is 0 Å². The van der Waals surface area contributed by atoms with Crippen LogP contribution in [0.4, 0.5) is 11.4 Å². The number of carbonyl (C=O) groups excluding carboxylic acids is 3. The second-order valence-electron chi connectivity index (χ2n) is 6.67. The van der Waals surface area contributed by atoms with E-state index >= 15 is 0 Å². The molecule has 1 aliphatic rings. The maximum absolute atomic E-state index is 12.7. The zero-order chi connectivity index (χ0) is 20.5. The number of methoxy groups -OCH3 is 1. The Hall–Kier alpha value is -3.93. The molecular formula is C23H18N2O4. The highest BCUT2D eigenvalue weighted by Crippen LogP contribution is 2.31. The predicted molar refractivity (Wildman–Crippen MR) is 110 cm³/mol. The fourth-order valence-corrected chi connectivity index (χ4v) is 3.24. The second kappa shape index (κ2) is 7.24. The number of rotatable bonds is 4. The van der Waals surface area contributed by atoms with Crippen LogP contribution in [0.25, 0.3) is 0 Å². The number of aryl methyl sites for hydroxylation is 1. The van der Waals surface area contributed by atoms with Gasteiger partial charge in [-0.3, -0.25) is 14.4 Å². The van der Waals surface area contributed by atoms with Crippen molar-refractivity contribution in [3.05, 3.63) is 89.0 Å². The number of anilines is 2. The summed E-state index contributed by atoms with van der Waals surface area (Å²) in [6, 6.07) is 18.6. The number of imide groups is 1. The second-order valence-corrected chi connectivity index (χ2v) is 6.67. The van der Waals surface area contributed by atoms with E-state index in [1.54, 1.807) is 73.8 Å². The third-order valence-corrected chi connectivity index (χ3v) is 4.87. The van der Waals surface area contributed by atoms with Gasteiger partial charge >= 0.3 is 0 Å². The van der Waals surface area contributed by atoms with Gasteiger partial charge in [-0.2, -0.15) is 0 Å². The summed E-state index contributed by atoms with van der Waals surface area (Å²) in [5, 5.41) is 2.85.